The van der Waals surface area contributed by atoms with E-state index in [0.717, 1.165) is 28.6 Å². The van der Waals surface area contributed by atoms with Gasteiger partial charge in [-0.3, -0.25) is 9.89 Å². The molecule has 4 rings (SSSR count). The Morgan fingerprint density at radius 3 is 2.75 bits per heavy atom. The van der Waals surface area contributed by atoms with Crippen LogP contribution in [0.4, 0.5) is 11.4 Å². The van der Waals surface area contributed by atoms with Crippen LogP contribution in [0.25, 0.3) is 10.9 Å². The van der Waals surface area contributed by atoms with E-state index in [1.54, 1.807) is 24.4 Å². The summed E-state index contributed by atoms with van der Waals surface area (Å²) in [6.07, 6.45) is 1.57. The largest absolute Gasteiger partial charge is 0.378 e. The number of H-pyrrole nitrogens is 1. The second kappa shape index (κ2) is 9.07. The zero-order valence-corrected chi connectivity index (χ0v) is 19.3. The van der Waals surface area contributed by atoms with Crippen molar-refractivity contribution in [3.63, 3.8) is 0 Å². The van der Waals surface area contributed by atoms with Crippen LogP contribution in [0.3, 0.4) is 0 Å². The van der Waals surface area contributed by atoms with E-state index < -0.39 is 15.9 Å². The summed E-state index contributed by atoms with van der Waals surface area (Å²) >= 11 is 6.41. The Labute approximate surface area is 191 Å². The number of rotatable bonds is 6. The summed E-state index contributed by atoms with van der Waals surface area (Å²) in [5, 5.41) is 10.6. The highest BCUT2D eigenvalue weighted by Crippen LogP contribution is 2.30. The molecular weight excluding hydrogens is 454 g/mol. The van der Waals surface area contributed by atoms with Crippen molar-refractivity contribution in [2.24, 2.45) is 0 Å². The molecule has 1 saturated heterocycles. The molecule has 0 spiro atoms. The summed E-state index contributed by atoms with van der Waals surface area (Å²) in [6.45, 7) is 4.23. The van der Waals surface area contributed by atoms with Crippen molar-refractivity contribution in [1.29, 1.82) is 0 Å². The van der Waals surface area contributed by atoms with Crippen molar-refractivity contribution in [3.05, 3.63) is 47.1 Å². The highest BCUT2D eigenvalue weighted by atomic mass is 35.5. The molecule has 1 amide bonds. The summed E-state index contributed by atoms with van der Waals surface area (Å²) < 4.78 is 32.6. The Hall–Kier alpha value is -2.66. The summed E-state index contributed by atoms with van der Waals surface area (Å²) in [5.41, 5.74) is 2.56. The van der Waals surface area contributed by atoms with Crippen LogP contribution >= 0.6 is 11.6 Å². The maximum absolute atomic E-state index is 13.1. The summed E-state index contributed by atoms with van der Waals surface area (Å²) in [4.78, 5) is 14.8. The highest BCUT2D eigenvalue weighted by Gasteiger charge is 2.26. The van der Waals surface area contributed by atoms with Gasteiger partial charge in [-0.2, -0.15) is 9.40 Å². The van der Waals surface area contributed by atoms with Crippen LogP contribution in [-0.2, 0) is 19.6 Å². The average Bonchev–Trinajstić information content (AvgIpc) is 3.22. The van der Waals surface area contributed by atoms with Crippen molar-refractivity contribution in [2.45, 2.75) is 11.8 Å². The van der Waals surface area contributed by atoms with Gasteiger partial charge in [0, 0.05) is 31.2 Å². The molecule has 0 saturated carbocycles. The summed E-state index contributed by atoms with van der Waals surface area (Å²) in [7, 11) is -2.55. The van der Waals surface area contributed by atoms with Crippen molar-refractivity contribution in [2.75, 3.05) is 50.1 Å². The van der Waals surface area contributed by atoms with Gasteiger partial charge in [-0.15, -0.1) is 0 Å². The quantitative estimate of drug-likeness (QED) is 0.565. The minimum Gasteiger partial charge on any atom is -0.378 e. The van der Waals surface area contributed by atoms with Crippen molar-refractivity contribution in [3.8, 4) is 0 Å². The molecule has 0 atom stereocenters. The first-order valence-corrected chi connectivity index (χ1v) is 11.9. The van der Waals surface area contributed by atoms with Crippen LogP contribution in [0.1, 0.15) is 5.56 Å². The van der Waals surface area contributed by atoms with E-state index in [0.29, 0.717) is 34.8 Å². The first kappa shape index (κ1) is 22.5. The minimum atomic E-state index is -3.92. The normalized spacial score (nSPS) is 14.8. The van der Waals surface area contributed by atoms with Crippen LogP contribution in [0.15, 0.2) is 41.4 Å². The molecule has 1 aliphatic rings. The molecule has 1 aliphatic heterocycles. The standard InChI is InChI=1S/C21H24ClN5O4S/c1-14-9-15-12-23-25-21(15)19(10-14)32(29,30)26(2)13-20(28)24-16-3-4-18(17(22)11-16)27-5-7-31-8-6-27/h3-4,9-12H,5-8,13H2,1-2H3,(H,23,25)(H,24,28). The molecule has 1 aromatic heterocycles. The number of aryl methyl sites for hydroxylation is 1. The number of benzene rings is 2. The Bertz CT molecular complexity index is 1250. The molecule has 170 valence electrons. The number of halogens is 1. The van der Waals surface area contributed by atoms with Crippen LogP contribution in [-0.4, -0.2) is 68.7 Å². The molecule has 3 aromatic rings. The van der Waals surface area contributed by atoms with E-state index >= 15 is 0 Å². The molecule has 32 heavy (non-hydrogen) atoms. The lowest BCUT2D eigenvalue weighted by Crippen LogP contribution is -2.36. The number of hydrogen-bond acceptors (Lipinski definition) is 6. The predicted molar refractivity (Wildman–Crippen MR) is 124 cm³/mol. The molecule has 2 N–H and O–H groups in total. The smallest absolute Gasteiger partial charge is 0.245 e. The molecule has 0 unspecified atom stereocenters. The Morgan fingerprint density at radius 2 is 2.03 bits per heavy atom. The van der Waals surface area contributed by atoms with E-state index in [4.69, 9.17) is 16.3 Å². The lowest BCUT2D eigenvalue weighted by atomic mass is 10.2. The number of amides is 1. The van der Waals surface area contributed by atoms with Gasteiger partial charge in [0.15, 0.2) is 0 Å². The third-order valence-electron chi connectivity index (χ3n) is 5.29. The SMILES string of the molecule is Cc1cc(S(=O)(=O)N(C)CC(=O)Nc2ccc(N3CCOCC3)c(Cl)c2)c2[nH]ncc2c1. The lowest BCUT2D eigenvalue weighted by Gasteiger charge is -2.29. The van der Waals surface area contributed by atoms with Gasteiger partial charge >= 0.3 is 0 Å². The number of anilines is 2. The molecule has 11 heteroatoms. The molecule has 2 aromatic carbocycles. The van der Waals surface area contributed by atoms with Crippen LogP contribution in [0.2, 0.25) is 5.02 Å². The molecule has 0 radical (unpaired) electrons. The van der Waals surface area contributed by atoms with E-state index in [2.05, 4.69) is 20.4 Å². The lowest BCUT2D eigenvalue weighted by molar-refractivity contribution is -0.116. The molecule has 1 fully saturated rings. The van der Waals surface area contributed by atoms with Gasteiger partial charge in [0.25, 0.3) is 0 Å². The van der Waals surface area contributed by atoms with E-state index in [1.165, 1.54) is 7.05 Å². The first-order valence-electron chi connectivity index (χ1n) is 10.1. The monoisotopic (exact) mass is 477 g/mol. The zero-order chi connectivity index (χ0) is 22.9. The maximum Gasteiger partial charge on any atom is 0.245 e. The number of carbonyl (C=O) groups excluding carboxylic acids is 1. The van der Waals surface area contributed by atoms with Gasteiger partial charge in [-0.05, 0) is 42.8 Å². The number of aromatic amines is 1. The van der Waals surface area contributed by atoms with Gasteiger partial charge in [0.05, 0.1) is 42.2 Å². The molecule has 0 aliphatic carbocycles. The first-order chi connectivity index (χ1) is 15.3. The van der Waals surface area contributed by atoms with Gasteiger partial charge < -0.3 is 15.0 Å². The number of aromatic nitrogens is 2. The number of fused-ring (bicyclic) bond motifs is 1. The number of sulfonamides is 1. The number of nitrogens with one attached hydrogen (secondary N) is 2. The average molecular weight is 478 g/mol. The van der Waals surface area contributed by atoms with Crippen LogP contribution in [0.5, 0.6) is 0 Å². The fourth-order valence-corrected chi connectivity index (χ4v) is 5.35. The van der Waals surface area contributed by atoms with Gasteiger partial charge in [0.1, 0.15) is 4.90 Å². The summed E-state index contributed by atoms with van der Waals surface area (Å²) in [6, 6.07) is 8.65. The third kappa shape index (κ3) is 4.58. The zero-order valence-electron chi connectivity index (χ0n) is 17.8. The van der Waals surface area contributed by atoms with Gasteiger partial charge in [-0.1, -0.05) is 11.6 Å². The highest BCUT2D eigenvalue weighted by molar-refractivity contribution is 7.89. The molecule has 0 bridgehead atoms. The van der Waals surface area contributed by atoms with Crippen molar-refractivity contribution < 1.29 is 17.9 Å². The maximum atomic E-state index is 13.1. The molecule has 2 heterocycles. The second-order valence-electron chi connectivity index (χ2n) is 7.67. The minimum absolute atomic E-state index is 0.0817. The molecule has 9 nitrogen and oxygen atoms in total. The predicted octanol–water partition coefficient (Wildman–Crippen LogP) is 2.62. The fraction of sp³-hybridized carbons (Fsp3) is 0.333. The van der Waals surface area contributed by atoms with E-state index in [9.17, 15) is 13.2 Å². The summed E-state index contributed by atoms with van der Waals surface area (Å²) in [5.74, 6) is -0.472. The Balaban J connectivity index is 1.46. The Kier molecular flexibility index (Phi) is 6.38. The van der Waals surface area contributed by atoms with Gasteiger partial charge in [-0.25, -0.2) is 8.42 Å². The van der Waals surface area contributed by atoms with Crippen LogP contribution < -0.4 is 10.2 Å². The number of hydrogen-bond donors (Lipinski definition) is 2. The number of likely N-dealkylation sites (N-methyl/N-ethyl adjacent to an activating group) is 1. The van der Waals surface area contributed by atoms with Crippen molar-refractivity contribution >= 4 is 49.8 Å². The van der Waals surface area contributed by atoms with Crippen LogP contribution in [0, 0.1) is 6.92 Å². The number of morpholine rings is 1. The van der Waals surface area contributed by atoms with Crippen molar-refractivity contribution in [1.82, 2.24) is 14.5 Å². The number of nitrogens with zero attached hydrogens (tertiary/aromatic N) is 3. The molecular formula is C21H24ClN5O4S. The van der Waals surface area contributed by atoms with E-state index in [1.807, 2.05) is 19.1 Å². The second-order valence-corrected chi connectivity index (χ2v) is 10.1. The topological polar surface area (TPSA) is 108 Å². The number of carbonyl (C=O) groups is 1. The van der Waals surface area contributed by atoms with E-state index in [-0.39, 0.29) is 11.4 Å². The Morgan fingerprint density at radius 1 is 1.28 bits per heavy atom. The van der Waals surface area contributed by atoms with Gasteiger partial charge in [0.2, 0.25) is 15.9 Å². The number of ether oxygens (including phenoxy) is 1. The fourth-order valence-electron chi connectivity index (χ4n) is 3.67. The third-order valence-corrected chi connectivity index (χ3v) is 7.42.